The number of rotatable bonds is 6. The zero-order valence-corrected chi connectivity index (χ0v) is 16.9. The molecule has 2 aromatic carbocycles. The van der Waals surface area contributed by atoms with Gasteiger partial charge in [-0.25, -0.2) is 4.98 Å². The fourth-order valence-corrected chi connectivity index (χ4v) is 3.60. The van der Waals surface area contributed by atoms with E-state index in [9.17, 15) is 0 Å². The van der Waals surface area contributed by atoms with Gasteiger partial charge >= 0.3 is 0 Å². The summed E-state index contributed by atoms with van der Waals surface area (Å²) in [6.45, 7) is 4.24. The first-order valence-electron chi connectivity index (χ1n) is 9.69. The van der Waals surface area contributed by atoms with Crippen molar-refractivity contribution in [2.45, 2.75) is 26.3 Å². The molecule has 0 saturated carbocycles. The fraction of sp³-hybridized carbons (Fsp3) is 0.208. The Kier molecular flexibility index (Phi) is 5.38. The molecule has 5 nitrogen and oxygen atoms in total. The van der Waals surface area contributed by atoms with Crippen LogP contribution < -0.4 is 4.74 Å². The second-order valence-corrected chi connectivity index (χ2v) is 7.17. The minimum absolute atomic E-state index is 0.151. The Morgan fingerprint density at radius 2 is 1.86 bits per heavy atom. The molecule has 0 aliphatic heterocycles. The summed E-state index contributed by atoms with van der Waals surface area (Å²) in [5.74, 6) is 0.843. The molecule has 1 atom stereocenters. The second kappa shape index (κ2) is 8.27. The summed E-state index contributed by atoms with van der Waals surface area (Å²) < 4.78 is 7.94. The number of hydrogen-bond acceptors (Lipinski definition) is 4. The van der Waals surface area contributed by atoms with Gasteiger partial charge in [-0.15, -0.1) is 0 Å². The minimum atomic E-state index is 0.151. The average molecular weight is 384 g/mol. The maximum atomic E-state index is 5.73. The molecule has 0 radical (unpaired) electrons. The monoisotopic (exact) mass is 384 g/mol. The van der Waals surface area contributed by atoms with Crippen molar-refractivity contribution in [1.82, 2.24) is 19.5 Å². The number of methoxy groups -OCH3 is 1. The molecular formula is C24H24N4O. The van der Waals surface area contributed by atoms with Crippen molar-refractivity contribution in [3.05, 3.63) is 84.7 Å². The third-order valence-electron chi connectivity index (χ3n) is 5.05. The lowest BCUT2D eigenvalue weighted by Gasteiger charge is -2.19. The van der Waals surface area contributed by atoms with Gasteiger partial charge in [-0.05, 0) is 31.5 Å². The minimum Gasteiger partial charge on any atom is -0.496 e. The highest BCUT2D eigenvalue weighted by atomic mass is 16.5. The van der Waals surface area contributed by atoms with Crippen LogP contribution in [0.25, 0.3) is 22.5 Å². The number of benzene rings is 2. The highest BCUT2D eigenvalue weighted by molar-refractivity contribution is 5.82. The van der Waals surface area contributed by atoms with Crippen LogP contribution in [0.2, 0.25) is 0 Å². The van der Waals surface area contributed by atoms with Crippen LogP contribution in [0.5, 0.6) is 5.75 Å². The van der Waals surface area contributed by atoms with Crippen LogP contribution in [0.3, 0.4) is 0 Å². The smallest absolute Gasteiger partial charge is 0.128 e. The zero-order chi connectivity index (χ0) is 20.2. The van der Waals surface area contributed by atoms with E-state index in [0.29, 0.717) is 0 Å². The molecule has 4 rings (SSSR count). The standard InChI is InChI=1S/C24H24N4O/c1-17-9-10-21(22(13-17)29-3)24-23(19-7-5-4-6-8-19)27-16-28(24)18(2)14-20-15-25-11-12-26-20/h4-13,15-16,18H,14H2,1-3H3/t18-/m1/s1. The van der Waals surface area contributed by atoms with Crippen molar-refractivity contribution >= 4 is 0 Å². The van der Waals surface area contributed by atoms with E-state index < -0.39 is 0 Å². The van der Waals surface area contributed by atoms with E-state index in [-0.39, 0.29) is 6.04 Å². The van der Waals surface area contributed by atoms with Crippen molar-refractivity contribution < 1.29 is 4.74 Å². The Bertz CT molecular complexity index is 1090. The Labute approximate surface area is 171 Å². The summed E-state index contributed by atoms with van der Waals surface area (Å²) in [4.78, 5) is 13.4. The van der Waals surface area contributed by atoms with Crippen LogP contribution in [0.1, 0.15) is 24.2 Å². The quantitative estimate of drug-likeness (QED) is 0.462. The fourth-order valence-electron chi connectivity index (χ4n) is 3.60. The third kappa shape index (κ3) is 3.90. The van der Waals surface area contributed by atoms with Gasteiger partial charge in [0, 0.05) is 42.2 Å². The highest BCUT2D eigenvalue weighted by Crippen LogP contribution is 2.39. The largest absolute Gasteiger partial charge is 0.496 e. The van der Waals surface area contributed by atoms with Gasteiger partial charge in [0.05, 0.1) is 30.5 Å². The first kappa shape index (κ1) is 18.9. The normalized spacial score (nSPS) is 12.0. The summed E-state index contributed by atoms with van der Waals surface area (Å²) >= 11 is 0. The van der Waals surface area contributed by atoms with Gasteiger partial charge in [0.15, 0.2) is 0 Å². The number of aromatic nitrogens is 4. The van der Waals surface area contributed by atoms with Gasteiger partial charge in [-0.3, -0.25) is 9.97 Å². The number of nitrogens with zero attached hydrogens (tertiary/aromatic N) is 4. The first-order valence-corrected chi connectivity index (χ1v) is 9.69. The molecular weight excluding hydrogens is 360 g/mol. The molecule has 0 unspecified atom stereocenters. The molecule has 0 fully saturated rings. The van der Waals surface area contributed by atoms with Gasteiger partial charge in [-0.1, -0.05) is 36.4 Å². The van der Waals surface area contributed by atoms with E-state index in [0.717, 1.165) is 45.9 Å². The Hall–Kier alpha value is -3.47. The molecule has 29 heavy (non-hydrogen) atoms. The lowest BCUT2D eigenvalue weighted by Crippen LogP contribution is -2.10. The van der Waals surface area contributed by atoms with Crippen molar-refractivity contribution in [2.75, 3.05) is 7.11 Å². The van der Waals surface area contributed by atoms with Crippen molar-refractivity contribution in [1.29, 1.82) is 0 Å². The molecule has 0 saturated heterocycles. The third-order valence-corrected chi connectivity index (χ3v) is 5.05. The van der Waals surface area contributed by atoms with E-state index in [1.54, 1.807) is 19.5 Å². The molecule has 5 heteroatoms. The highest BCUT2D eigenvalue weighted by Gasteiger charge is 2.21. The average Bonchev–Trinajstić information content (AvgIpc) is 3.20. The van der Waals surface area contributed by atoms with Gasteiger partial charge < -0.3 is 9.30 Å². The first-order chi connectivity index (χ1) is 14.2. The molecule has 0 spiro atoms. The Morgan fingerprint density at radius 3 is 2.59 bits per heavy atom. The maximum Gasteiger partial charge on any atom is 0.128 e. The summed E-state index contributed by atoms with van der Waals surface area (Å²) in [5.41, 5.74) is 6.21. The van der Waals surface area contributed by atoms with Crippen LogP contribution in [-0.4, -0.2) is 26.6 Å². The Balaban J connectivity index is 1.85. The van der Waals surface area contributed by atoms with Gasteiger partial charge in [0.1, 0.15) is 5.75 Å². The van der Waals surface area contributed by atoms with Crippen LogP contribution in [0.4, 0.5) is 0 Å². The summed E-state index contributed by atoms with van der Waals surface area (Å²) in [6, 6.07) is 16.7. The molecule has 146 valence electrons. The zero-order valence-electron chi connectivity index (χ0n) is 16.9. The van der Waals surface area contributed by atoms with Crippen LogP contribution in [0, 0.1) is 6.92 Å². The van der Waals surface area contributed by atoms with Crippen molar-refractivity contribution in [2.24, 2.45) is 0 Å². The lowest BCUT2D eigenvalue weighted by molar-refractivity contribution is 0.415. The lowest BCUT2D eigenvalue weighted by atomic mass is 10.0. The SMILES string of the molecule is COc1cc(C)ccc1-c1c(-c2ccccc2)ncn1[C@H](C)Cc1cnccn1. The van der Waals surface area contributed by atoms with E-state index >= 15 is 0 Å². The number of hydrogen-bond donors (Lipinski definition) is 0. The number of aryl methyl sites for hydroxylation is 1. The topological polar surface area (TPSA) is 52.8 Å². The predicted molar refractivity (Wildman–Crippen MR) is 115 cm³/mol. The van der Waals surface area contributed by atoms with E-state index in [1.807, 2.05) is 30.7 Å². The van der Waals surface area contributed by atoms with Crippen LogP contribution in [0.15, 0.2) is 73.4 Å². The molecule has 0 bridgehead atoms. The molecule has 0 aliphatic carbocycles. The van der Waals surface area contributed by atoms with Crippen LogP contribution in [-0.2, 0) is 6.42 Å². The van der Waals surface area contributed by atoms with Crippen LogP contribution >= 0.6 is 0 Å². The molecule has 4 aromatic rings. The second-order valence-electron chi connectivity index (χ2n) is 7.17. The molecule has 0 amide bonds. The summed E-state index contributed by atoms with van der Waals surface area (Å²) in [6.07, 6.45) is 7.92. The Morgan fingerprint density at radius 1 is 1.03 bits per heavy atom. The van der Waals surface area contributed by atoms with Crippen molar-refractivity contribution in [3.63, 3.8) is 0 Å². The van der Waals surface area contributed by atoms with E-state index in [4.69, 9.17) is 9.72 Å². The predicted octanol–water partition coefficient (Wildman–Crippen LogP) is 5.13. The van der Waals surface area contributed by atoms with Gasteiger partial charge in [0.2, 0.25) is 0 Å². The number of ether oxygens (including phenoxy) is 1. The van der Waals surface area contributed by atoms with Gasteiger partial charge in [0.25, 0.3) is 0 Å². The van der Waals surface area contributed by atoms with Gasteiger partial charge in [-0.2, -0.15) is 0 Å². The molecule has 2 heterocycles. The van der Waals surface area contributed by atoms with E-state index in [1.165, 1.54) is 0 Å². The maximum absolute atomic E-state index is 5.73. The summed E-state index contributed by atoms with van der Waals surface area (Å²) in [5, 5.41) is 0. The van der Waals surface area contributed by atoms with Crippen molar-refractivity contribution in [3.8, 4) is 28.3 Å². The number of imidazole rings is 1. The molecule has 0 N–H and O–H groups in total. The summed E-state index contributed by atoms with van der Waals surface area (Å²) in [7, 11) is 1.71. The molecule has 0 aliphatic rings. The molecule has 2 aromatic heterocycles. The van der Waals surface area contributed by atoms with E-state index in [2.05, 4.69) is 58.7 Å².